The number of hydrogen-bond acceptors (Lipinski definition) is 4. The molecule has 0 bridgehead atoms. The molecule has 0 saturated carbocycles. The molecule has 1 saturated heterocycles. The van der Waals surface area contributed by atoms with Gasteiger partial charge in [-0.3, -0.25) is 4.90 Å². The van der Waals surface area contributed by atoms with E-state index >= 15 is 0 Å². The molecule has 1 fully saturated rings. The van der Waals surface area contributed by atoms with Gasteiger partial charge in [0.2, 0.25) is 0 Å². The number of nitrogens with zero attached hydrogens (tertiary/aromatic N) is 2. The van der Waals surface area contributed by atoms with Gasteiger partial charge >= 0.3 is 0 Å². The lowest BCUT2D eigenvalue weighted by Crippen LogP contribution is -2.48. The van der Waals surface area contributed by atoms with Crippen LogP contribution in [0.2, 0.25) is 0 Å². The van der Waals surface area contributed by atoms with Crippen LogP contribution in [0, 0.1) is 5.21 Å². The van der Waals surface area contributed by atoms with E-state index < -0.39 is 0 Å². The lowest BCUT2D eigenvalue weighted by molar-refractivity contribution is -0.523. The number of rotatable bonds is 5. The van der Waals surface area contributed by atoms with Gasteiger partial charge < -0.3 is 5.21 Å². The second kappa shape index (κ2) is 7.23. The second-order valence-corrected chi connectivity index (χ2v) is 8.97. The fourth-order valence-corrected chi connectivity index (χ4v) is 4.96. The Kier molecular flexibility index (Phi) is 5.80. The normalized spacial score (nSPS) is 21.5. The van der Waals surface area contributed by atoms with E-state index in [1.54, 1.807) is 29.7 Å². The first-order valence-corrected chi connectivity index (χ1v) is 9.78. The summed E-state index contributed by atoms with van der Waals surface area (Å²) in [5.41, 5.74) is 0.919. The van der Waals surface area contributed by atoms with E-state index in [9.17, 15) is 5.21 Å². The molecule has 3 nitrogen and oxygen atoms in total. The van der Waals surface area contributed by atoms with Gasteiger partial charge in [0.1, 0.15) is 9.07 Å². The van der Waals surface area contributed by atoms with Gasteiger partial charge in [0.25, 0.3) is 6.17 Å². The molecular weight excluding hydrogens is 332 g/mol. The van der Waals surface area contributed by atoms with Crippen LogP contribution in [0.15, 0.2) is 29.2 Å². The van der Waals surface area contributed by atoms with Crippen molar-refractivity contribution in [2.75, 3.05) is 12.8 Å². The molecule has 1 aromatic carbocycles. The topological polar surface area (TPSA) is 29.3 Å². The van der Waals surface area contributed by atoms with Crippen LogP contribution in [-0.2, 0) is 0 Å². The summed E-state index contributed by atoms with van der Waals surface area (Å²) in [6.45, 7) is 7.09. The van der Waals surface area contributed by atoms with Gasteiger partial charge in [0.05, 0.1) is 0 Å². The lowest BCUT2D eigenvalue weighted by atomic mass is 10.1. The quantitative estimate of drug-likeness (QED) is 0.198. The third-order valence-corrected chi connectivity index (χ3v) is 5.97. The number of thiocarbonyl (C=S) groups is 1. The monoisotopic (exact) mass is 354 g/mol. The van der Waals surface area contributed by atoms with Crippen LogP contribution in [-0.4, -0.2) is 43.9 Å². The van der Waals surface area contributed by atoms with E-state index in [0.717, 1.165) is 27.6 Å². The fourth-order valence-electron chi connectivity index (χ4n) is 2.62. The summed E-state index contributed by atoms with van der Waals surface area (Å²) >= 11 is 8.77. The van der Waals surface area contributed by atoms with Gasteiger partial charge in [0.15, 0.2) is 6.21 Å². The molecule has 2 rings (SSSR count). The average Bonchev–Trinajstić information content (AvgIpc) is 2.69. The van der Waals surface area contributed by atoms with E-state index in [4.69, 9.17) is 12.2 Å². The standard InChI is InChI=1S/C16H22N2OS3/c1-5-10-17-14(16(2,3)22-15(17)20)18(19)11-12-6-8-13(21-4)9-7-12/h6-9,11,14H,5,10H2,1-4H3/b18-11-/t14-/m1/s1. The van der Waals surface area contributed by atoms with Crippen molar-refractivity contribution in [3.8, 4) is 0 Å². The Hall–Kier alpha value is -0.720. The van der Waals surface area contributed by atoms with Crippen LogP contribution in [0.3, 0.4) is 0 Å². The third kappa shape index (κ3) is 3.78. The molecule has 120 valence electrons. The molecule has 0 amide bonds. The molecule has 0 aliphatic carbocycles. The third-order valence-electron chi connectivity index (χ3n) is 3.60. The number of thioether (sulfide) groups is 2. The second-order valence-electron chi connectivity index (χ2n) is 5.80. The molecule has 1 atom stereocenters. The first-order chi connectivity index (χ1) is 10.4. The van der Waals surface area contributed by atoms with Crippen molar-refractivity contribution >= 4 is 46.3 Å². The van der Waals surface area contributed by atoms with Gasteiger partial charge in [-0.25, -0.2) is 0 Å². The highest BCUT2D eigenvalue weighted by molar-refractivity contribution is 8.24. The highest BCUT2D eigenvalue weighted by Gasteiger charge is 2.49. The van der Waals surface area contributed by atoms with Gasteiger partial charge in [-0.15, -0.1) is 11.8 Å². The molecule has 0 spiro atoms. The Morgan fingerprint density at radius 2 is 2.05 bits per heavy atom. The van der Waals surface area contributed by atoms with E-state index in [-0.39, 0.29) is 10.9 Å². The van der Waals surface area contributed by atoms with Crippen molar-refractivity contribution in [1.82, 2.24) is 4.90 Å². The Morgan fingerprint density at radius 1 is 1.41 bits per heavy atom. The Balaban J connectivity index is 2.29. The first-order valence-electron chi connectivity index (χ1n) is 7.33. The molecule has 1 aliphatic heterocycles. The Morgan fingerprint density at radius 3 is 2.59 bits per heavy atom. The predicted octanol–water partition coefficient (Wildman–Crippen LogP) is 4.19. The summed E-state index contributed by atoms with van der Waals surface area (Å²) in [6, 6.07) is 8.03. The van der Waals surface area contributed by atoms with E-state index in [0.29, 0.717) is 0 Å². The SMILES string of the molecule is CCCN1C(=S)SC(C)(C)[C@H]1/[N+]([O-])=C/c1ccc(SC)cc1. The zero-order valence-electron chi connectivity index (χ0n) is 13.4. The summed E-state index contributed by atoms with van der Waals surface area (Å²) < 4.78 is 1.67. The maximum atomic E-state index is 12.8. The van der Waals surface area contributed by atoms with Crippen molar-refractivity contribution < 1.29 is 4.74 Å². The maximum Gasteiger partial charge on any atom is 0.254 e. The fraction of sp³-hybridized carbons (Fsp3) is 0.500. The minimum Gasteiger partial charge on any atom is -0.622 e. The molecular formula is C16H22N2OS3. The Labute approximate surface area is 146 Å². The molecule has 0 radical (unpaired) electrons. The zero-order valence-corrected chi connectivity index (χ0v) is 15.9. The number of benzene rings is 1. The molecule has 1 aromatic rings. The van der Waals surface area contributed by atoms with Crippen molar-refractivity contribution in [2.24, 2.45) is 0 Å². The highest BCUT2D eigenvalue weighted by Crippen LogP contribution is 2.41. The summed E-state index contributed by atoms with van der Waals surface area (Å²) in [7, 11) is 0. The largest absolute Gasteiger partial charge is 0.622 e. The van der Waals surface area contributed by atoms with Crippen LogP contribution >= 0.6 is 35.7 Å². The molecule has 0 aromatic heterocycles. The van der Waals surface area contributed by atoms with Crippen LogP contribution in [0.4, 0.5) is 0 Å². The molecule has 6 heteroatoms. The van der Waals surface area contributed by atoms with Crippen molar-refractivity contribution in [3.63, 3.8) is 0 Å². The summed E-state index contributed by atoms with van der Waals surface area (Å²) in [6.07, 6.45) is 4.43. The highest BCUT2D eigenvalue weighted by atomic mass is 32.2. The molecule has 0 unspecified atom stereocenters. The molecule has 0 N–H and O–H groups in total. The molecule has 1 aliphatic rings. The molecule has 1 heterocycles. The van der Waals surface area contributed by atoms with Crippen molar-refractivity contribution in [3.05, 3.63) is 35.0 Å². The number of hydroxylamine groups is 1. The predicted molar refractivity (Wildman–Crippen MR) is 102 cm³/mol. The summed E-state index contributed by atoms with van der Waals surface area (Å²) in [5, 5.41) is 12.8. The summed E-state index contributed by atoms with van der Waals surface area (Å²) in [5.74, 6) is 0. The first kappa shape index (κ1) is 17.6. The average molecular weight is 355 g/mol. The minimum absolute atomic E-state index is 0.219. The van der Waals surface area contributed by atoms with E-state index in [1.165, 1.54) is 4.90 Å². The number of hydrogen-bond donors (Lipinski definition) is 0. The van der Waals surface area contributed by atoms with Crippen LogP contribution in [0.1, 0.15) is 32.8 Å². The van der Waals surface area contributed by atoms with Crippen molar-refractivity contribution in [1.29, 1.82) is 0 Å². The van der Waals surface area contributed by atoms with Gasteiger partial charge in [-0.1, -0.05) is 30.9 Å². The van der Waals surface area contributed by atoms with Crippen LogP contribution in [0.5, 0.6) is 0 Å². The van der Waals surface area contributed by atoms with Crippen molar-refractivity contribution in [2.45, 2.75) is 43.0 Å². The van der Waals surface area contributed by atoms with Crippen LogP contribution < -0.4 is 0 Å². The van der Waals surface area contributed by atoms with Gasteiger partial charge in [-0.05, 0) is 50.8 Å². The zero-order chi connectivity index (χ0) is 16.3. The summed E-state index contributed by atoms with van der Waals surface area (Å²) in [4.78, 5) is 3.25. The Bertz CT molecular complexity index is 569. The van der Waals surface area contributed by atoms with E-state index in [2.05, 4.69) is 25.7 Å². The molecule has 22 heavy (non-hydrogen) atoms. The van der Waals surface area contributed by atoms with E-state index in [1.807, 2.05) is 30.5 Å². The maximum absolute atomic E-state index is 12.8. The minimum atomic E-state index is -0.259. The van der Waals surface area contributed by atoms with Crippen LogP contribution in [0.25, 0.3) is 0 Å². The smallest absolute Gasteiger partial charge is 0.254 e. The van der Waals surface area contributed by atoms with Gasteiger partial charge in [-0.2, -0.15) is 4.74 Å². The van der Waals surface area contributed by atoms with Gasteiger partial charge in [0, 0.05) is 17.0 Å². The lowest BCUT2D eigenvalue weighted by Gasteiger charge is -2.29.